The Morgan fingerprint density at radius 3 is 2.21 bits per heavy atom. The van der Waals surface area contributed by atoms with Crippen molar-refractivity contribution in [1.29, 1.82) is 0 Å². The van der Waals surface area contributed by atoms with Crippen LogP contribution >= 0.6 is 0 Å². The highest BCUT2D eigenvalue weighted by atomic mass is 16.4. The van der Waals surface area contributed by atoms with E-state index in [1.807, 2.05) is 20.8 Å². The van der Waals surface area contributed by atoms with Crippen LogP contribution < -0.4 is 5.73 Å². The minimum atomic E-state index is -0.876. The Bertz CT molecular complexity index is 338. The first kappa shape index (κ1) is 16.0. The lowest BCUT2D eigenvalue weighted by Crippen LogP contribution is -2.50. The average molecular weight is 270 g/mol. The zero-order valence-electron chi connectivity index (χ0n) is 12.2. The van der Waals surface area contributed by atoms with Crippen molar-refractivity contribution < 1.29 is 14.7 Å². The monoisotopic (exact) mass is 270 g/mol. The molecule has 0 atom stereocenters. The molecule has 0 radical (unpaired) electrons. The van der Waals surface area contributed by atoms with Crippen molar-refractivity contribution in [1.82, 2.24) is 4.90 Å². The molecule has 5 heteroatoms. The van der Waals surface area contributed by atoms with Gasteiger partial charge in [-0.25, -0.2) is 0 Å². The highest BCUT2D eigenvalue weighted by molar-refractivity contribution is 5.78. The van der Waals surface area contributed by atoms with Crippen molar-refractivity contribution in [3.05, 3.63) is 0 Å². The van der Waals surface area contributed by atoms with Crippen LogP contribution in [0.15, 0.2) is 0 Å². The van der Waals surface area contributed by atoms with Gasteiger partial charge >= 0.3 is 5.97 Å². The third-order valence-electron chi connectivity index (χ3n) is 4.03. The van der Waals surface area contributed by atoms with E-state index in [1.54, 1.807) is 4.90 Å². The van der Waals surface area contributed by atoms with Crippen molar-refractivity contribution in [2.75, 3.05) is 13.1 Å². The van der Waals surface area contributed by atoms with Gasteiger partial charge in [-0.2, -0.15) is 0 Å². The van der Waals surface area contributed by atoms with Crippen molar-refractivity contribution in [3.63, 3.8) is 0 Å². The van der Waals surface area contributed by atoms with Crippen molar-refractivity contribution in [2.45, 2.75) is 58.4 Å². The molecule has 5 nitrogen and oxygen atoms in total. The van der Waals surface area contributed by atoms with E-state index in [9.17, 15) is 9.59 Å². The van der Waals surface area contributed by atoms with Crippen LogP contribution in [0.5, 0.6) is 0 Å². The van der Waals surface area contributed by atoms with E-state index in [0.717, 1.165) is 19.3 Å². The number of nitrogens with two attached hydrogens (primary N) is 1. The summed E-state index contributed by atoms with van der Waals surface area (Å²) in [4.78, 5) is 24.8. The fourth-order valence-corrected chi connectivity index (χ4v) is 2.59. The molecule has 0 aromatic heterocycles. The van der Waals surface area contributed by atoms with Crippen LogP contribution in [-0.2, 0) is 9.59 Å². The summed E-state index contributed by atoms with van der Waals surface area (Å²) < 4.78 is 0. The highest BCUT2D eigenvalue weighted by Crippen LogP contribution is 2.43. The van der Waals surface area contributed by atoms with Crippen molar-refractivity contribution >= 4 is 11.9 Å². The van der Waals surface area contributed by atoms with Crippen molar-refractivity contribution in [3.8, 4) is 0 Å². The molecule has 110 valence electrons. The zero-order valence-corrected chi connectivity index (χ0v) is 12.2. The van der Waals surface area contributed by atoms with Crippen LogP contribution in [-0.4, -0.2) is 40.5 Å². The largest absolute Gasteiger partial charge is 0.481 e. The fourth-order valence-electron chi connectivity index (χ4n) is 2.59. The molecule has 0 spiro atoms. The number of carboxylic acid groups (broad SMARTS) is 1. The Labute approximate surface area is 115 Å². The van der Waals surface area contributed by atoms with E-state index in [-0.39, 0.29) is 29.8 Å². The SMILES string of the molecule is CC(C)(C)N(CCC(=O)O)C(=O)CC1(CN)CCC1. The smallest absolute Gasteiger partial charge is 0.305 e. The molecule has 0 saturated heterocycles. The lowest BCUT2D eigenvalue weighted by Gasteiger charge is -2.44. The number of amides is 1. The fraction of sp³-hybridized carbons (Fsp3) is 0.857. The molecule has 1 saturated carbocycles. The predicted molar refractivity (Wildman–Crippen MR) is 73.7 cm³/mol. The summed E-state index contributed by atoms with van der Waals surface area (Å²) >= 11 is 0. The first-order valence-electron chi connectivity index (χ1n) is 6.92. The number of carbonyl (C=O) groups excluding carboxylic acids is 1. The second kappa shape index (κ2) is 5.90. The van der Waals surface area contributed by atoms with Gasteiger partial charge in [0.2, 0.25) is 5.91 Å². The van der Waals surface area contributed by atoms with Gasteiger partial charge in [0.15, 0.2) is 0 Å². The molecular formula is C14H26N2O3. The van der Waals surface area contributed by atoms with E-state index < -0.39 is 5.97 Å². The van der Waals surface area contributed by atoms with Crippen molar-refractivity contribution in [2.24, 2.45) is 11.1 Å². The van der Waals surface area contributed by atoms with Gasteiger partial charge in [-0.15, -0.1) is 0 Å². The van der Waals surface area contributed by atoms with Crippen LogP contribution in [0.4, 0.5) is 0 Å². The predicted octanol–water partition coefficient (Wildman–Crippen LogP) is 1.61. The van der Waals surface area contributed by atoms with Gasteiger partial charge in [-0.1, -0.05) is 6.42 Å². The van der Waals surface area contributed by atoms with Crippen LogP contribution in [0.3, 0.4) is 0 Å². The van der Waals surface area contributed by atoms with Gasteiger partial charge in [0, 0.05) is 18.5 Å². The number of nitrogens with zero attached hydrogens (tertiary/aromatic N) is 1. The van der Waals surface area contributed by atoms with Gasteiger partial charge in [-0.3, -0.25) is 9.59 Å². The standard InChI is InChI=1S/C14H26N2O3/c1-13(2,3)16(8-5-12(18)19)11(17)9-14(10-15)6-4-7-14/h4-10,15H2,1-3H3,(H,18,19). The van der Waals surface area contributed by atoms with Gasteiger partial charge in [0.1, 0.15) is 0 Å². The summed E-state index contributed by atoms with van der Waals surface area (Å²) in [7, 11) is 0. The molecule has 1 aliphatic carbocycles. The molecule has 0 bridgehead atoms. The molecule has 1 aliphatic rings. The number of carbonyl (C=O) groups is 2. The second-order valence-electron chi connectivity index (χ2n) is 6.59. The maximum Gasteiger partial charge on any atom is 0.305 e. The van der Waals surface area contributed by atoms with Gasteiger partial charge in [-0.05, 0) is 45.6 Å². The number of hydrogen-bond acceptors (Lipinski definition) is 3. The molecule has 0 aliphatic heterocycles. The Morgan fingerprint density at radius 2 is 1.89 bits per heavy atom. The normalized spacial score (nSPS) is 17.7. The zero-order chi connectivity index (χ0) is 14.7. The topological polar surface area (TPSA) is 83.6 Å². The summed E-state index contributed by atoms with van der Waals surface area (Å²) in [6.45, 7) is 6.60. The van der Waals surface area contributed by atoms with E-state index in [2.05, 4.69) is 0 Å². The summed E-state index contributed by atoms with van der Waals surface area (Å²) in [5.74, 6) is -0.849. The van der Waals surface area contributed by atoms with Gasteiger partial charge < -0.3 is 15.7 Å². The van der Waals surface area contributed by atoms with Crippen LogP contribution in [0.25, 0.3) is 0 Å². The molecule has 1 rings (SSSR count). The molecule has 0 heterocycles. The Morgan fingerprint density at radius 1 is 1.32 bits per heavy atom. The highest BCUT2D eigenvalue weighted by Gasteiger charge is 2.40. The quantitative estimate of drug-likeness (QED) is 0.768. The molecule has 0 unspecified atom stereocenters. The second-order valence-corrected chi connectivity index (χ2v) is 6.59. The number of carboxylic acids is 1. The molecule has 3 N–H and O–H groups in total. The third kappa shape index (κ3) is 4.20. The van der Waals surface area contributed by atoms with E-state index >= 15 is 0 Å². The molecule has 0 aromatic rings. The third-order valence-corrected chi connectivity index (χ3v) is 4.03. The first-order valence-corrected chi connectivity index (χ1v) is 6.92. The van der Waals surface area contributed by atoms with Gasteiger partial charge in [0.05, 0.1) is 6.42 Å². The summed E-state index contributed by atoms with van der Waals surface area (Å²) in [6.07, 6.45) is 3.58. The number of rotatable bonds is 6. The maximum absolute atomic E-state index is 12.4. The maximum atomic E-state index is 12.4. The molecule has 19 heavy (non-hydrogen) atoms. The molecule has 1 amide bonds. The summed E-state index contributed by atoms with van der Waals surface area (Å²) in [5, 5.41) is 8.79. The Balaban J connectivity index is 2.68. The number of aliphatic carboxylic acids is 1. The lowest BCUT2D eigenvalue weighted by molar-refractivity contribution is -0.142. The van der Waals surface area contributed by atoms with Crippen LogP contribution in [0.2, 0.25) is 0 Å². The molecular weight excluding hydrogens is 244 g/mol. The van der Waals surface area contributed by atoms with Gasteiger partial charge in [0.25, 0.3) is 0 Å². The Kier molecular flexibility index (Phi) is 4.96. The molecule has 0 aromatic carbocycles. The number of hydrogen-bond donors (Lipinski definition) is 2. The van der Waals surface area contributed by atoms with E-state index in [4.69, 9.17) is 10.8 Å². The average Bonchev–Trinajstić information content (AvgIpc) is 2.21. The van der Waals surface area contributed by atoms with Crippen LogP contribution in [0.1, 0.15) is 52.9 Å². The van der Waals surface area contributed by atoms with E-state index in [1.165, 1.54) is 0 Å². The summed E-state index contributed by atoms with van der Waals surface area (Å²) in [5.41, 5.74) is 5.39. The first-order chi connectivity index (χ1) is 8.70. The minimum absolute atomic E-state index is 0.0152. The molecule has 1 fully saturated rings. The van der Waals surface area contributed by atoms with E-state index in [0.29, 0.717) is 13.0 Å². The minimum Gasteiger partial charge on any atom is -0.481 e. The Hall–Kier alpha value is -1.10. The summed E-state index contributed by atoms with van der Waals surface area (Å²) in [6, 6.07) is 0. The lowest BCUT2D eigenvalue weighted by atomic mass is 9.66. The van der Waals surface area contributed by atoms with Crippen LogP contribution in [0, 0.1) is 5.41 Å².